The van der Waals surface area contributed by atoms with Crippen LogP contribution < -0.4 is 10.6 Å². The summed E-state index contributed by atoms with van der Waals surface area (Å²) in [6.45, 7) is 7.52. The van der Waals surface area contributed by atoms with Crippen LogP contribution in [0.1, 0.15) is 28.2 Å². The lowest BCUT2D eigenvalue weighted by atomic mass is 10.1. The average Bonchev–Trinajstić information content (AvgIpc) is 2.79. The van der Waals surface area contributed by atoms with Crippen molar-refractivity contribution in [2.24, 2.45) is 4.99 Å². The van der Waals surface area contributed by atoms with Gasteiger partial charge in [-0.1, -0.05) is 24.3 Å². The molecule has 21 heavy (non-hydrogen) atoms. The molecular formula is C17H23N3O. The summed E-state index contributed by atoms with van der Waals surface area (Å²) < 4.78 is 5.53. The van der Waals surface area contributed by atoms with Crippen molar-refractivity contribution in [3.05, 3.63) is 58.5 Å². The minimum atomic E-state index is 0.705. The topological polar surface area (TPSA) is 49.6 Å². The second kappa shape index (κ2) is 6.97. The van der Waals surface area contributed by atoms with Gasteiger partial charge in [0.25, 0.3) is 0 Å². The van der Waals surface area contributed by atoms with Gasteiger partial charge >= 0.3 is 0 Å². The zero-order valence-electron chi connectivity index (χ0n) is 13.2. The third-order valence-corrected chi connectivity index (χ3v) is 3.52. The van der Waals surface area contributed by atoms with Gasteiger partial charge in [-0.15, -0.1) is 0 Å². The van der Waals surface area contributed by atoms with E-state index in [1.54, 1.807) is 7.05 Å². The number of rotatable bonds is 4. The maximum Gasteiger partial charge on any atom is 0.191 e. The van der Waals surface area contributed by atoms with E-state index in [2.05, 4.69) is 52.9 Å². The molecule has 4 heteroatoms. The summed E-state index contributed by atoms with van der Waals surface area (Å²) in [5.74, 6) is 2.68. The molecule has 0 amide bonds. The molecule has 0 atom stereocenters. The van der Waals surface area contributed by atoms with Crippen molar-refractivity contribution in [2.75, 3.05) is 7.05 Å². The lowest BCUT2D eigenvalue weighted by Crippen LogP contribution is -2.36. The summed E-state index contributed by atoms with van der Waals surface area (Å²) in [6, 6.07) is 10.4. The molecule has 2 rings (SSSR count). The first-order valence-corrected chi connectivity index (χ1v) is 7.15. The van der Waals surface area contributed by atoms with Crippen LogP contribution in [0.2, 0.25) is 0 Å². The first-order chi connectivity index (χ1) is 10.1. The zero-order chi connectivity index (χ0) is 15.2. The maximum absolute atomic E-state index is 5.53. The zero-order valence-corrected chi connectivity index (χ0v) is 13.2. The van der Waals surface area contributed by atoms with Crippen LogP contribution >= 0.6 is 0 Å². The number of hydrogen-bond acceptors (Lipinski definition) is 2. The van der Waals surface area contributed by atoms with Crippen LogP contribution in [0.5, 0.6) is 0 Å². The normalized spacial score (nSPS) is 11.5. The highest BCUT2D eigenvalue weighted by atomic mass is 16.3. The third-order valence-electron chi connectivity index (χ3n) is 3.52. The molecule has 112 valence electrons. The van der Waals surface area contributed by atoms with Crippen LogP contribution in [0.25, 0.3) is 0 Å². The number of aliphatic imine (C=N–C) groups is 1. The summed E-state index contributed by atoms with van der Waals surface area (Å²) >= 11 is 0. The molecule has 4 nitrogen and oxygen atoms in total. The van der Waals surface area contributed by atoms with Gasteiger partial charge in [-0.05, 0) is 38.0 Å². The molecule has 2 aromatic rings. The van der Waals surface area contributed by atoms with Crippen LogP contribution in [0, 0.1) is 20.8 Å². The molecule has 0 aliphatic rings. The smallest absolute Gasteiger partial charge is 0.191 e. The van der Waals surface area contributed by atoms with Crippen molar-refractivity contribution in [3.63, 3.8) is 0 Å². The molecule has 1 heterocycles. The predicted molar refractivity (Wildman–Crippen MR) is 86.4 cm³/mol. The number of furan rings is 1. The van der Waals surface area contributed by atoms with Gasteiger partial charge in [-0.2, -0.15) is 0 Å². The molecule has 1 aromatic carbocycles. The first-order valence-electron chi connectivity index (χ1n) is 7.15. The van der Waals surface area contributed by atoms with Gasteiger partial charge in [0.2, 0.25) is 0 Å². The Kier molecular flexibility index (Phi) is 5.04. The Bertz CT molecular complexity index is 629. The van der Waals surface area contributed by atoms with Gasteiger partial charge in [-0.25, -0.2) is 0 Å². The molecule has 0 fully saturated rings. The SMILES string of the molecule is CN=C(NCc1ccccc1C)NCc1cc(C)oc1C. The van der Waals surface area contributed by atoms with Gasteiger partial charge in [0.1, 0.15) is 11.5 Å². The van der Waals surface area contributed by atoms with Crippen LogP contribution in [-0.4, -0.2) is 13.0 Å². The maximum atomic E-state index is 5.53. The summed E-state index contributed by atoms with van der Waals surface area (Å²) in [5.41, 5.74) is 3.71. The molecular weight excluding hydrogens is 262 g/mol. The lowest BCUT2D eigenvalue weighted by Gasteiger charge is -2.12. The Morgan fingerprint density at radius 3 is 2.29 bits per heavy atom. The number of guanidine groups is 1. The van der Waals surface area contributed by atoms with Crippen LogP contribution in [0.15, 0.2) is 39.7 Å². The Balaban J connectivity index is 1.90. The van der Waals surface area contributed by atoms with Crippen molar-refractivity contribution >= 4 is 5.96 Å². The molecule has 0 spiro atoms. The van der Waals surface area contributed by atoms with Gasteiger partial charge in [0, 0.05) is 25.7 Å². The summed E-state index contributed by atoms with van der Waals surface area (Å²) in [5, 5.41) is 6.64. The molecule has 0 saturated heterocycles. The van der Waals surface area contributed by atoms with Gasteiger partial charge < -0.3 is 15.1 Å². The highest BCUT2D eigenvalue weighted by Gasteiger charge is 2.06. The standard InChI is InChI=1S/C17H23N3O/c1-12-7-5-6-8-15(12)10-19-17(18-4)20-11-16-9-13(2)21-14(16)3/h5-9H,10-11H2,1-4H3,(H2,18,19,20). The van der Waals surface area contributed by atoms with E-state index in [0.717, 1.165) is 29.6 Å². The number of nitrogens with one attached hydrogen (secondary N) is 2. The Morgan fingerprint density at radius 2 is 1.71 bits per heavy atom. The van der Waals surface area contributed by atoms with E-state index < -0.39 is 0 Å². The van der Waals surface area contributed by atoms with Crippen molar-refractivity contribution in [2.45, 2.75) is 33.9 Å². The monoisotopic (exact) mass is 285 g/mol. The highest BCUT2D eigenvalue weighted by Crippen LogP contribution is 2.13. The van der Waals surface area contributed by atoms with Gasteiger partial charge in [0.15, 0.2) is 5.96 Å². The second-order valence-corrected chi connectivity index (χ2v) is 5.14. The summed E-state index contributed by atoms with van der Waals surface area (Å²) in [6.07, 6.45) is 0. The van der Waals surface area contributed by atoms with E-state index in [4.69, 9.17) is 4.42 Å². The van der Waals surface area contributed by atoms with E-state index in [9.17, 15) is 0 Å². The molecule has 0 unspecified atom stereocenters. The van der Waals surface area contributed by atoms with Crippen molar-refractivity contribution in [1.82, 2.24) is 10.6 Å². The van der Waals surface area contributed by atoms with E-state index in [1.807, 2.05) is 13.8 Å². The molecule has 0 saturated carbocycles. The largest absolute Gasteiger partial charge is 0.466 e. The molecule has 0 bridgehead atoms. The second-order valence-electron chi connectivity index (χ2n) is 5.14. The van der Waals surface area contributed by atoms with E-state index in [0.29, 0.717) is 6.54 Å². The van der Waals surface area contributed by atoms with Crippen molar-refractivity contribution in [1.29, 1.82) is 0 Å². The number of benzene rings is 1. The Labute approximate surface area is 126 Å². The van der Waals surface area contributed by atoms with Crippen LogP contribution in [-0.2, 0) is 13.1 Å². The molecule has 0 radical (unpaired) electrons. The average molecular weight is 285 g/mol. The van der Waals surface area contributed by atoms with Gasteiger partial charge in [0.05, 0.1) is 0 Å². The minimum absolute atomic E-state index is 0.705. The van der Waals surface area contributed by atoms with E-state index in [-0.39, 0.29) is 0 Å². The Morgan fingerprint density at radius 1 is 1.05 bits per heavy atom. The van der Waals surface area contributed by atoms with E-state index in [1.165, 1.54) is 11.1 Å². The molecule has 2 N–H and O–H groups in total. The lowest BCUT2D eigenvalue weighted by molar-refractivity contribution is 0.500. The van der Waals surface area contributed by atoms with Crippen molar-refractivity contribution in [3.8, 4) is 0 Å². The molecule has 0 aliphatic carbocycles. The number of aryl methyl sites for hydroxylation is 3. The molecule has 1 aromatic heterocycles. The quantitative estimate of drug-likeness (QED) is 0.670. The fourth-order valence-corrected chi connectivity index (χ4v) is 2.25. The highest BCUT2D eigenvalue weighted by molar-refractivity contribution is 5.79. The molecule has 0 aliphatic heterocycles. The summed E-state index contributed by atoms with van der Waals surface area (Å²) in [7, 11) is 1.78. The van der Waals surface area contributed by atoms with Crippen LogP contribution in [0.4, 0.5) is 0 Å². The Hall–Kier alpha value is -2.23. The van der Waals surface area contributed by atoms with Crippen LogP contribution in [0.3, 0.4) is 0 Å². The van der Waals surface area contributed by atoms with E-state index >= 15 is 0 Å². The fourth-order valence-electron chi connectivity index (χ4n) is 2.25. The van der Waals surface area contributed by atoms with Crippen molar-refractivity contribution < 1.29 is 4.42 Å². The predicted octanol–water partition coefficient (Wildman–Crippen LogP) is 3.07. The van der Waals surface area contributed by atoms with Gasteiger partial charge in [-0.3, -0.25) is 4.99 Å². The summed E-state index contributed by atoms with van der Waals surface area (Å²) in [4.78, 5) is 4.25. The first kappa shape index (κ1) is 15.2. The minimum Gasteiger partial charge on any atom is -0.466 e. The third kappa shape index (κ3) is 4.12. The number of nitrogens with zero attached hydrogens (tertiary/aromatic N) is 1. The fraction of sp³-hybridized carbons (Fsp3) is 0.353. The number of hydrogen-bond donors (Lipinski definition) is 2.